The minimum Gasteiger partial charge on any atom is -0.299 e. The highest BCUT2D eigenvalue weighted by molar-refractivity contribution is 8.01. The van der Waals surface area contributed by atoms with E-state index in [2.05, 4.69) is 9.71 Å². The number of fused-ring (bicyclic) bond motifs is 3. The summed E-state index contributed by atoms with van der Waals surface area (Å²) >= 11 is 2.38. The van der Waals surface area contributed by atoms with E-state index in [1.807, 2.05) is 13.8 Å². The molecule has 218 valence electrons. The molecular weight excluding hydrogens is 585 g/mol. The van der Waals surface area contributed by atoms with Crippen LogP contribution in [0.4, 0.5) is 27.8 Å². The van der Waals surface area contributed by atoms with Gasteiger partial charge in [-0.2, -0.15) is 26.9 Å². The van der Waals surface area contributed by atoms with Gasteiger partial charge in [-0.25, -0.2) is 13.2 Å². The van der Waals surface area contributed by atoms with Gasteiger partial charge in [-0.3, -0.25) is 14.1 Å². The second-order valence-electron chi connectivity index (χ2n) is 11.0. The average Bonchev–Trinajstić information content (AvgIpc) is 3.30. The molecule has 2 saturated carbocycles. The third kappa shape index (κ3) is 5.22. The van der Waals surface area contributed by atoms with E-state index in [-0.39, 0.29) is 41.8 Å². The van der Waals surface area contributed by atoms with Crippen molar-refractivity contribution in [1.29, 1.82) is 0 Å². The molecule has 15 heteroatoms. The third-order valence-corrected chi connectivity index (χ3v) is 12.4. The molecule has 0 aromatic carbocycles. The van der Waals surface area contributed by atoms with E-state index >= 15 is 0 Å². The van der Waals surface area contributed by atoms with E-state index in [9.17, 15) is 40.0 Å². The first-order valence-electron chi connectivity index (χ1n) is 12.5. The lowest BCUT2D eigenvalue weighted by Crippen LogP contribution is -2.43. The van der Waals surface area contributed by atoms with Crippen LogP contribution < -0.4 is 10.4 Å². The van der Waals surface area contributed by atoms with Gasteiger partial charge in [-0.1, -0.05) is 13.8 Å². The van der Waals surface area contributed by atoms with Crippen LogP contribution in [0.15, 0.2) is 9.00 Å². The number of hydrogen-bond donors (Lipinski definition) is 1. The topological polar surface area (TPSA) is 98.1 Å². The Morgan fingerprint density at radius 1 is 1.15 bits per heavy atom. The SMILES string of the molecule is Cc1sc(SCCCCC(F)(F)C(F)(F)F)c2c(NS(=O)(=O)C[C@@]34CC[C@@H](CC3=O)C4(C)C)nc(=O)n-2c1C. The summed E-state index contributed by atoms with van der Waals surface area (Å²) < 4.78 is 94.6. The summed E-state index contributed by atoms with van der Waals surface area (Å²) in [6.07, 6.45) is -5.68. The van der Waals surface area contributed by atoms with Gasteiger partial charge < -0.3 is 0 Å². The molecule has 2 aliphatic carbocycles. The van der Waals surface area contributed by atoms with Crippen LogP contribution in [-0.2, 0) is 14.8 Å². The van der Waals surface area contributed by atoms with E-state index in [1.54, 1.807) is 13.8 Å². The Kier molecular flexibility index (Phi) is 7.72. The van der Waals surface area contributed by atoms with Crippen molar-refractivity contribution in [3.05, 3.63) is 21.1 Å². The van der Waals surface area contributed by atoms with Gasteiger partial charge in [0.1, 0.15) is 11.5 Å². The van der Waals surface area contributed by atoms with Crippen molar-refractivity contribution in [2.75, 3.05) is 16.2 Å². The monoisotopic (exact) mass is 615 g/mol. The van der Waals surface area contributed by atoms with Gasteiger partial charge in [-0.05, 0) is 56.6 Å². The number of nitrogens with zero attached hydrogens (tertiary/aromatic N) is 2. The predicted octanol–water partition coefficient (Wildman–Crippen LogP) is 5.95. The van der Waals surface area contributed by atoms with E-state index < -0.39 is 50.8 Å². The number of ketones is 1. The van der Waals surface area contributed by atoms with Crippen molar-refractivity contribution in [2.45, 2.75) is 82.5 Å². The Hall–Kier alpha value is -1.74. The maximum absolute atomic E-state index is 13.4. The molecule has 0 aromatic rings. The smallest absolute Gasteiger partial charge is 0.299 e. The van der Waals surface area contributed by atoms with Gasteiger partial charge in [0, 0.05) is 23.4 Å². The van der Waals surface area contributed by atoms with Crippen molar-refractivity contribution in [3.63, 3.8) is 0 Å². The van der Waals surface area contributed by atoms with Crippen LogP contribution in [0.25, 0.3) is 5.69 Å². The second kappa shape index (κ2) is 9.97. The van der Waals surface area contributed by atoms with Crippen LogP contribution in [0.3, 0.4) is 0 Å². The molecule has 1 N–H and O–H groups in total. The molecule has 2 atom stereocenters. The number of aromatic nitrogens is 2. The average molecular weight is 616 g/mol. The number of nitrogens with one attached hydrogen (secondary N) is 1. The number of imidazole rings is 1. The van der Waals surface area contributed by atoms with Crippen molar-refractivity contribution in [1.82, 2.24) is 9.55 Å². The van der Waals surface area contributed by atoms with Crippen molar-refractivity contribution in [2.24, 2.45) is 16.7 Å². The standard InChI is InChI=1S/C24H30F5N3O4S3/c1-13-14(2)38-19(37-10-6-5-8-23(25,26)24(27,28)29)17-18(30-20(34)32(13)17)31-39(35,36)12-22-9-7-15(11-16(22)33)21(22,3)4/h15H,5-12H2,1-4H3,(H,30,31,34)/t15-,22-/m0/s1. The van der Waals surface area contributed by atoms with Crippen LogP contribution in [0.2, 0.25) is 0 Å². The van der Waals surface area contributed by atoms with Gasteiger partial charge in [-0.15, -0.1) is 23.1 Å². The summed E-state index contributed by atoms with van der Waals surface area (Å²) in [5, 5.41) is 0. The van der Waals surface area contributed by atoms with E-state index in [0.717, 1.165) is 23.1 Å². The van der Waals surface area contributed by atoms with Crippen LogP contribution >= 0.6 is 23.1 Å². The van der Waals surface area contributed by atoms with E-state index in [0.29, 0.717) is 22.7 Å². The molecule has 4 aliphatic rings. The number of rotatable bonds is 10. The zero-order valence-electron chi connectivity index (χ0n) is 21.9. The van der Waals surface area contributed by atoms with Crippen LogP contribution in [0, 0.1) is 30.6 Å². The lowest BCUT2D eigenvalue weighted by Gasteiger charge is -2.36. The number of carbonyl (C=O) groups excluding carboxylic acids is 1. The van der Waals surface area contributed by atoms with Crippen molar-refractivity contribution >= 4 is 44.7 Å². The molecule has 2 aliphatic heterocycles. The number of Topliss-reactive ketones (excluding diaryl/α,β-unsaturated/α-hetero) is 1. The van der Waals surface area contributed by atoms with Crippen molar-refractivity contribution in [3.8, 4) is 5.69 Å². The Bertz CT molecular complexity index is 1420. The molecule has 0 amide bonds. The highest BCUT2D eigenvalue weighted by Gasteiger charge is 2.65. The van der Waals surface area contributed by atoms with Gasteiger partial charge in [0.25, 0.3) is 0 Å². The Morgan fingerprint density at radius 2 is 1.82 bits per heavy atom. The van der Waals surface area contributed by atoms with Gasteiger partial charge >= 0.3 is 17.8 Å². The van der Waals surface area contributed by atoms with E-state index in [1.165, 1.54) is 15.9 Å². The quantitative estimate of drug-likeness (QED) is 0.202. The minimum atomic E-state index is -5.60. The number of anilines is 1. The molecule has 2 heterocycles. The van der Waals surface area contributed by atoms with Crippen LogP contribution in [-0.4, -0.2) is 47.4 Å². The fourth-order valence-corrected chi connectivity index (χ4v) is 10.2. The van der Waals surface area contributed by atoms with Gasteiger partial charge in [0.05, 0.1) is 15.4 Å². The molecule has 7 nitrogen and oxygen atoms in total. The van der Waals surface area contributed by atoms with Gasteiger partial charge in [0.15, 0.2) is 5.82 Å². The number of aryl methyl sites for hydroxylation is 1. The lowest BCUT2D eigenvalue weighted by atomic mass is 9.70. The first-order chi connectivity index (χ1) is 17.8. The van der Waals surface area contributed by atoms with Gasteiger partial charge in [0.2, 0.25) is 10.0 Å². The van der Waals surface area contributed by atoms with Crippen LogP contribution in [0.5, 0.6) is 0 Å². The number of hydrogen-bond acceptors (Lipinski definition) is 7. The van der Waals surface area contributed by atoms with Crippen LogP contribution in [0.1, 0.15) is 62.9 Å². The fraction of sp³-hybridized carbons (Fsp3) is 0.708. The van der Waals surface area contributed by atoms with E-state index in [4.69, 9.17) is 0 Å². The first-order valence-corrected chi connectivity index (χ1v) is 15.9. The molecular formula is C24H30F5N3O4S3. The maximum atomic E-state index is 13.4. The first kappa shape index (κ1) is 30.2. The summed E-state index contributed by atoms with van der Waals surface area (Å²) in [6.45, 7) is 7.26. The highest BCUT2D eigenvalue weighted by Crippen LogP contribution is 2.64. The number of thioether (sulfide) groups is 1. The predicted molar refractivity (Wildman–Crippen MR) is 140 cm³/mol. The molecule has 0 unspecified atom stereocenters. The largest absolute Gasteiger partial charge is 0.453 e. The Labute approximate surface area is 231 Å². The van der Waals surface area contributed by atoms with Crippen molar-refractivity contribution < 1.29 is 35.2 Å². The molecule has 0 aromatic heterocycles. The molecule has 2 bridgehead atoms. The Morgan fingerprint density at radius 3 is 2.38 bits per heavy atom. The fourth-order valence-electron chi connectivity index (χ4n) is 5.86. The number of unbranched alkanes of at least 4 members (excludes halogenated alkanes) is 1. The number of alkyl halides is 5. The molecule has 0 spiro atoms. The number of halogens is 5. The lowest BCUT2D eigenvalue weighted by molar-refractivity contribution is -0.284. The normalized spacial score (nSPS) is 23.2. The third-order valence-electron chi connectivity index (χ3n) is 8.49. The molecule has 39 heavy (non-hydrogen) atoms. The summed E-state index contributed by atoms with van der Waals surface area (Å²) in [5.41, 5.74) is -1.49. The summed E-state index contributed by atoms with van der Waals surface area (Å²) in [4.78, 5) is 30.3. The molecule has 0 radical (unpaired) electrons. The minimum absolute atomic E-state index is 0.0441. The molecule has 4 rings (SSSR count). The zero-order chi connectivity index (χ0) is 29.2. The Balaban J connectivity index is 1.56. The summed E-state index contributed by atoms with van der Waals surface area (Å²) in [6, 6.07) is 0. The highest BCUT2D eigenvalue weighted by atomic mass is 32.2. The molecule has 2 fully saturated rings. The summed E-state index contributed by atoms with van der Waals surface area (Å²) in [7, 11) is -4.12. The number of sulfonamides is 1. The zero-order valence-corrected chi connectivity index (χ0v) is 24.3. The summed E-state index contributed by atoms with van der Waals surface area (Å²) in [5.74, 6) is -5.18. The second-order valence-corrected chi connectivity index (χ2v) is 15.3. The number of carbonyl (C=O) groups is 1. The maximum Gasteiger partial charge on any atom is 0.453 e. The molecule has 0 saturated heterocycles.